The molecule has 3 rings (SSSR count). The van der Waals surface area contributed by atoms with E-state index in [0.29, 0.717) is 5.69 Å². The second-order valence-electron chi connectivity index (χ2n) is 8.01. The Bertz CT molecular complexity index is 563. The molecule has 2 heterocycles. The smallest absolute Gasteiger partial charge is 0.303 e. The average molecular weight is 368 g/mol. The van der Waals surface area contributed by atoms with Crippen LogP contribution in [-0.2, 0) is 19.3 Å². The minimum Gasteiger partial charge on any atom is -0.303 e. The predicted octanol–water partition coefficient (Wildman–Crippen LogP) is 5.34. The number of nitrogens with zero attached hydrogens (tertiary/aromatic N) is 2. The van der Waals surface area contributed by atoms with Crippen LogP contribution in [0.1, 0.15) is 68.3 Å². The van der Waals surface area contributed by atoms with Gasteiger partial charge in [0.15, 0.2) is 0 Å². The molecule has 0 radical (unpaired) electrons. The number of hydrogen-bond acceptors (Lipinski definition) is 2. The van der Waals surface area contributed by atoms with E-state index in [4.69, 9.17) is 0 Å². The van der Waals surface area contributed by atoms with E-state index in [2.05, 4.69) is 9.88 Å². The van der Waals surface area contributed by atoms with E-state index in [1.54, 1.807) is 6.07 Å². The number of aromatic nitrogens is 1. The van der Waals surface area contributed by atoms with Gasteiger partial charge in [-0.3, -0.25) is 4.98 Å². The summed E-state index contributed by atoms with van der Waals surface area (Å²) < 4.78 is 37.3. The molecule has 0 bridgehead atoms. The van der Waals surface area contributed by atoms with Crippen LogP contribution in [0.25, 0.3) is 0 Å². The second kappa shape index (κ2) is 9.20. The van der Waals surface area contributed by atoms with Crippen molar-refractivity contribution < 1.29 is 13.2 Å². The van der Waals surface area contributed by atoms with Crippen LogP contribution in [0.2, 0.25) is 0 Å². The van der Waals surface area contributed by atoms with Crippen LogP contribution in [0.15, 0.2) is 12.1 Å². The normalized spacial score (nSPS) is 20.4. The molecule has 0 N–H and O–H groups in total. The summed E-state index contributed by atoms with van der Waals surface area (Å²) in [4.78, 5) is 7.08. The Morgan fingerprint density at radius 2 is 1.73 bits per heavy atom. The van der Waals surface area contributed by atoms with Crippen LogP contribution < -0.4 is 0 Å². The minimum absolute atomic E-state index is 0.0117. The Hall–Kier alpha value is -1.10. The molecule has 0 aromatic carbocycles. The number of halogens is 3. The van der Waals surface area contributed by atoms with E-state index in [1.807, 2.05) is 6.07 Å². The highest BCUT2D eigenvalue weighted by Crippen LogP contribution is 2.26. The average Bonchev–Trinajstić information content (AvgIpc) is 2.98. The SMILES string of the molecule is FC(F)(F)CCc1ccc2c(n1)CCN(CCC1CCCCCC1)CC2. The lowest BCUT2D eigenvalue weighted by Crippen LogP contribution is -2.28. The molecule has 1 saturated carbocycles. The molecule has 5 heteroatoms. The van der Waals surface area contributed by atoms with Crippen molar-refractivity contribution in [2.24, 2.45) is 5.92 Å². The molecule has 0 unspecified atom stereocenters. The Labute approximate surface area is 155 Å². The molecule has 1 fully saturated rings. The fourth-order valence-electron chi connectivity index (χ4n) is 4.32. The highest BCUT2D eigenvalue weighted by molar-refractivity contribution is 5.25. The van der Waals surface area contributed by atoms with Crippen molar-refractivity contribution in [1.29, 1.82) is 0 Å². The lowest BCUT2D eigenvalue weighted by atomic mass is 9.96. The first-order valence-corrected chi connectivity index (χ1v) is 10.3. The van der Waals surface area contributed by atoms with Gasteiger partial charge in [-0.15, -0.1) is 0 Å². The molecule has 1 aromatic rings. The summed E-state index contributed by atoms with van der Waals surface area (Å²) in [6, 6.07) is 3.79. The zero-order valence-electron chi connectivity index (χ0n) is 15.7. The van der Waals surface area contributed by atoms with E-state index in [9.17, 15) is 13.2 Å². The van der Waals surface area contributed by atoms with Crippen molar-refractivity contribution in [2.75, 3.05) is 19.6 Å². The van der Waals surface area contributed by atoms with Crippen LogP contribution >= 0.6 is 0 Å². The highest BCUT2D eigenvalue weighted by atomic mass is 19.4. The Kier molecular flexibility index (Phi) is 6.96. The van der Waals surface area contributed by atoms with Gasteiger partial charge >= 0.3 is 6.18 Å². The molecule has 146 valence electrons. The van der Waals surface area contributed by atoms with Gasteiger partial charge in [0, 0.05) is 37.3 Å². The number of hydrogen-bond donors (Lipinski definition) is 0. The summed E-state index contributed by atoms with van der Waals surface area (Å²) in [5.74, 6) is 0.884. The predicted molar refractivity (Wildman–Crippen MR) is 98.3 cm³/mol. The molecule has 0 saturated heterocycles. The molecular weight excluding hydrogens is 337 g/mol. The van der Waals surface area contributed by atoms with Gasteiger partial charge in [-0.25, -0.2) is 0 Å². The lowest BCUT2D eigenvalue weighted by Gasteiger charge is -2.22. The number of fused-ring (bicyclic) bond motifs is 1. The molecule has 26 heavy (non-hydrogen) atoms. The largest absolute Gasteiger partial charge is 0.389 e. The summed E-state index contributed by atoms with van der Waals surface area (Å²) in [7, 11) is 0. The summed E-state index contributed by atoms with van der Waals surface area (Å²) in [6.07, 6.45) is 6.57. The Morgan fingerprint density at radius 3 is 2.46 bits per heavy atom. The molecule has 2 aliphatic rings. The van der Waals surface area contributed by atoms with Gasteiger partial charge in [-0.2, -0.15) is 13.2 Å². The van der Waals surface area contributed by atoms with Crippen LogP contribution in [0.3, 0.4) is 0 Å². The van der Waals surface area contributed by atoms with Gasteiger partial charge in [0.1, 0.15) is 0 Å². The first-order chi connectivity index (χ1) is 12.5. The quantitative estimate of drug-likeness (QED) is 0.653. The maximum atomic E-state index is 12.4. The van der Waals surface area contributed by atoms with E-state index in [1.165, 1.54) is 50.5 Å². The molecule has 1 aliphatic heterocycles. The summed E-state index contributed by atoms with van der Waals surface area (Å²) >= 11 is 0. The molecular formula is C21H31F3N2. The van der Waals surface area contributed by atoms with Crippen molar-refractivity contribution in [3.05, 3.63) is 29.1 Å². The number of aryl methyl sites for hydroxylation is 1. The zero-order valence-corrected chi connectivity index (χ0v) is 15.7. The molecule has 0 atom stereocenters. The third-order valence-electron chi connectivity index (χ3n) is 5.98. The Balaban J connectivity index is 1.50. The fourth-order valence-corrected chi connectivity index (χ4v) is 4.32. The van der Waals surface area contributed by atoms with E-state index >= 15 is 0 Å². The maximum absolute atomic E-state index is 12.4. The highest BCUT2D eigenvalue weighted by Gasteiger charge is 2.27. The lowest BCUT2D eigenvalue weighted by molar-refractivity contribution is -0.134. The zero-order chi connectivity index (χ0) is 18.4. The van der Waals surface area contributed by atoms with Crippen molar-refractivity contribution in [1.82, 2.24) is 9.88 Å². The first kappa shape index (κ1) is 19.7. The molecule has 0 spiro atoms. The molecule has 2 nitrogen and oxygen atoms in total. The topological polar surface area (TPSA) is 16.1 Å². The Morgan fingerprint density at radius 1 is 1.00 bits per heavy atom. The first-order valence-electron chi connectivity index (χ1n) is 10.3. The summed E-state index contributed by atoms with van der Waals surface area (Å²) in [5, 5.41) is 0. The van der Waals surface area contributed by atoms with Gasteiger partial charge in [0.2, 0.25) is 0 Å². The van der Waals surface area contributed by atoms with E-state index in [0.717, 1.165) is 44.1 Å². The molecule has 1 aliphatic carbocycles. The van der Waals surface area contributed by atoms with Gasteiger partial charge in [-0.05, 0) is 43.4 Å². The molecule has 0 amide bonds. The third kappa shape index (κ3) is 6.26. The van der Waals surface area contributed by atoms with Crippen molar-refractivity contribution >= 4 is 0 Å². The van der Waals surface area contributed by atoms with Crippen LogP contribution in [0.4, 0.5) is 13.2 Å². The summed E-state index contributed by atoms with van der Waals surface area (Å²) in [6.45, 7) is 3.18. The van der Waals surface area contributed by atoms with Gasteiger partial charge in [0.05, 0.1) is 0 Å². The summed E-state index contributed by atoms with van der Waals surface area (Å²) in [5.41, 5.74) is 2.81. The minimum atomic E-state index is -4.11. The van der Waals surface area contributed by atoms with Crippen molar-refractivity contribution in [3.8, 4) is 0 Å². The van der Waals surface area contributed by atoms with Crippen molar-refractivity contribution in [3.63, 3.8) is 0 Å². The maximum Gasteiger partial charge on any atom is 0.389 e. The van der Waals surface area contributed by atoms with Crippen LogP contribution in [0, 0.1) is 5.92 Å². The second-order valence-corrected chi connectivity index (χ2v) is 8.01. The number of alkyl halides is 3. The van der Waals surface area contributed by atoms with Gasteiger partial charge in [0.25, 0.3) is 0 Å². The standard InChI is InChI=1S/C21H31F3N2/c22-21(23,24)13-9-19-8-7-18-11-15-26(16-12-20(18)25-19)14-10-17-5-3-1-2-4-6-17/h7-8,17H,1-6,9-16H2. The monoisotopic (exact) mass is 368 g/mol. The van der Waals surface area contributed by atoms with Gasteiger partial charge < -0.3 is 4.90 Å². The fraction of sp³-hybridized carbons (Fsp3) is 0.762. The van der Waals surface area contributed by atoms with Gasteiger partial charge in [-0.1, -0.05) is 44.6 Å². The van der Waals surface area contributed by atoms with E-state index < -0.39 is 12.6 Å². The van der Waals surface area contributed by atoms with Crippen LogP contribution in [0.5, 0.6) is 0 Å². The number of pyridine rings is 1. The van der Waals surface area contributed by atoms with Crippen LogP contribution in [-0.4, -0.2) is 35.7 Å². The number of rotatable bonds is 5. The van der Waals surface area contributed by atoms with E-state index in [-0.39, 0.29) is 6.42 Å². The molecule has 1 aromatic heterocycles. The van der Waals surface area contributed by atoms with Crippen molar-refractivity contribution in [2.45, 2.75) is 76.8 Å². The third-order valence-corrected chi connectivity index (χ3v) is 5.98.